The van der Waals surface area contributed by atoms with Gasteiger partial charge in [0.1, 0.15) is 0 Å². The van der Waals surface area contributed by atoms with E-state index in [-0.39, 0.29) is 11.7 Å². The maximum atomic E-state index is 10.8. The molecule has 3 heterocycles. The van der Waals surface area contributed by atoms with Crippen LogP contribution in [0.5, 0.6) is 0 Å². The molecular weight excluding hydrogens is 264 g/mol. The molecule has 2 fully saturated rings. The Kier molecular flexibility index (Phi) is 3.49. The van der Waals surface area contributed by atoms with Crippen LogP contribution in [0.4, 0.5) is 0 Å². The number of likely N-dealkylation sites (tertiary alicyclic amines) is 1. The number of rotatable bonds is 3. The smallest absolute Gasteiger partial charge is 0.358 e. The molecule has 2 atom stereocenters. The second-order valence-electron chi connectivity index (χ2n) is 5.28. The highest BCUT2D eigenvalue weighted by Crippen LogP contribution is 2.33. The fraction of sp³-hybridized carbons (Fsp3) is 0.750. The Balaban J connectivity index is 1.58. The molecule has 2 aliphatic heterocycles. The van der Waals surface area contributed by atoms with E-state index in [0.29, 0.717) is 11.3 Å². The molecule has 0 bridgehead atoms. The van der Waals surface area contributed by atoms with Crippen molar-refractivity contribution in [3.05, 3.63) is 11.9 Å². The Morgan fingerprint density at radius 2 is 2.32 bits per heavy atom. The number of aromatic nitrogens is 3. The lowest BCUT2D eigenvalue weighted by Crippen LogP contribution is -2.56. The van der Waals surface area contributed by atoms with Crippen LogP contribution in [0.2, 0.25) is 0 Å². The highest BCUT2D eigenvalue weighted by molar-refractivity contribution is 7.99. The molecule has 2 aliphatic rings. The Labute approximate surface area is 116 Å². The number of hydrogen-bond donors (Lipinski definition) is 1. The summed E-state index contributed by atoms with van der Waals surface area (Å²) in [4.78, 5) is 13.3. The molecule has 1 aromatic rings. The van der Waals surface area contributed by atoms with Crippen molar-refractivity contribution in [2.24, 2.45) is 0 Å². The van der Waals surface area contributed by atoms with Crippen LogP contribution in [0.3, 0.4) is 0 Å². The van der Waals surface area contributed by atoms with Crippen molar-refractivity contribution < 1.29 is 9.90 Å². The van der Waals surface area contributed by atoms with Crippen molar-refractivity contribution >= 4 is 17.7 Å². The second-order valence-corrected chi connectivity index (χ2v) is 6.77. The molecule has 0 spiro atoms. The Morgan fingerprint density at radius 1 is 1.53 bits per heavy atom. The third-order valence-corrected chi connectivity index (χ3v) is 5.39. The molecule has 2 unspecified atom stereocenters. The molecule has 1 N–H and O–H groups in total. The number of carboxylic acids is 1. The quantitative estimate of drug-likeness (QED) is 0.895. The first-order valence-corrected chi connectivity index (χ1v) is 7.71. The van der Waals surface area contributed by atoms with Gasteiger partial charge in [0.15, 0.2) is 5.69 Å². The second kappa shape index (κ2) is 5.13. The monoisotopic (exact) mass is 282 g/mol. The molecular formula is C12H18N4O2S. The molecule has 2 saturated heterocycles. The van der Waals surface area contributed by atoms with Gasteiger partial charge in [-0.1, -0.05) is 12.1 Å². The van der Waals surface area contributed by atoms with Gasteiger partial charge in [-0.15, -0.1) is 5.10 Å². The van der Waals surface area contributed by atoms with Crippen LogP contribution >= 0.6 is 11.8 Å². The summed E-state index contributed by atoms with van der Waals surface area (Å²) in [7, 11) is 0. The number of thioether (sulfide) groups is 1. The minimum atomic E-state index is -1.01. The number of nitrogens with zero attached hydrogens (tertiary/aromatic N) is 4. The molecule has 3 rings (SSSR count). The molecule has 7 heteroatoms. The molecule has 0 amide bonds. The van der Waals surface area contributed by atoms with E-state index in [1.165, 1.54) is 24.8 Å². The lowest BCUT2D eigenvalue weighted by molar-refractivity contribution is 0.0467. The minimum Gasteiger partial charge on any atom is -0.476 e. The average Bonchev–Trinajstić information content (AvgIpc) is 2.79. The fourth-order valence-corrected chi connectivity index (χ4v) is 4.10. The van der Waals surface area contributed by atoms with Gasteiger partial charge in [-0.2, -0.15) is 11.8 Å². The van der Waals surface area contributed by atoms with Crippen molar-refractivity contribution in [2.75, 3.05) is 18.8 Å². The highest BCUT2D eigenvalue weighted by atomic mass is 32.2. The van der Waals surface area contributed by atoms with Crippen LogP contribution in [0, 0.1) is 0 Å². The van der Waals surface area contributed by atoms with Crippen LogP contribution in [-0.2, 0) is 0 Å². The molecule has 0 aromatic carbocycles. The summed E-state index contributed by atoms with van der Waals surface area (Å²) in [6.45, 7) is 4.22. The van der Waals surface area contributed by atoms with Gasteiger partial charge >= 0.3 is 5.97 Å². The maximum Gasteiger partial charge on any atom is 0.358 e. The van der Waals surface area contributed by atoms with Crippen molar-refractivity contribution in [1.82, 2.24) is 19.9 Å². The number of aromatic carboxylic acids is 1. The zero-order valence-electron chi connectivity index (χ0n) is 10.9. The van der Waals surface area contributed by atoms with Crippen molar-refractivity contribution in [2.45, 2.75) is 37.1 Å². The van der Waals surface area contributed by atoms with E-state index in [1.54, 1.807) is 4.68 Å². The van der Waals surface area contributed by atoms with Crippen molar-refractivity contribution in [3.63, 3.8) is 0 Å². The van der Waals surface area contributed by atoms with Gasteiger partial charge in [0.25, 0.3) is 0 Å². The van der Waals surface area contributed by atoms with Gasteiger partial charge in [-0.3, -0.25) is 4.90 Å². The van der Waals surface area contributed by atoms with Crippen LogP contribution in [0.15, 0.2) is 6.20 Å². The first kappa shape index (κ1) is 12.9. The first-order chi connectivity index (χ1) is 9.15. The maximum absolute atomic E-state index is 10.8. The van der Waals surface area contributed by atoms with Crippen LogP contribution in [0.1, 0.15) is 36.3 Å². The molecule has 0 saturated carbocycles. The lowest BCUT2D eigenvalue weighted by atomic mass is 9.99. The Morgan fingerprint density at radius 3 is 2.95 bits per heavy atom. The van der Waals surface area contributed by atoms with Gasteiger partial charge in [0.05, 0.1) is 12.2 Å². The normalized spacial score (nSPS) is 29.1. The van der Waals surface area contributed by atoms with Crippen molar-refractivity contribution in [1.29, 1.82) is 0 Å². The highest BCUT2D eigenvalue weighted by Gasteiger charge is 2.37. The molecule has 0 radical (unpaired) electrons. The summed E-state index contributed by atoms with van der Waals surface area (Å²) in [5.74, 6) is 0.264. The average molecular weight is 282 g/mol. The van der Waals surface area contributed by atoms with E-state index in [2.05, 4.69) is 33.9 Å². The zero-order chi connectivity index (χ0) is 13.4. The number of hydrogen-bond acceptors (Lipinski definition) is 5. The fourth-order valence-electron chi connectivity index (χ4n) is 2.87. The lowest BCUT2D eigenvalue weighted by Gasteiger charge is -2.47. The summed E-state index contributed by atoms with van der Waals surface area (Å²) in [6.07, 6.45) is 4.11. The van der Waals surface area contributed by atoms with Gasteiger partial charge in [-0.05, 0) is 18.6 Å². The van der Waals surface area contributed by atoms with E-state index >= 15 is 0 Å². The third-order valence-electron chi connectivity index (χ3n) is 4.03. The third kappa shape index (κ3) is 2.49. The van der Waals surface area contributed by atoms with Crippen molar-refractivity contribution in [3.8, 4) is 0 Å². The SMILES string of the molecule is CC1SCCCC1N1CC(n2cc(C(=O)O)nn2)C1. The molecule has 104 valence electrons. The summed E-state index contributed by atoms with van der Waals surface area (Å²) in [6, 6.07) is 0.942. The summed E-state index contributed by atoms with van der Waals surface area (Å²) in [5, 5.41) is 17.1. The first-order valence-electron chi connectivity index (χ1n) is 6.66. The van der Waals surface area contributed by atoms with Gasteiger partial charge in [0, 0.05) is 24.4 Å². The predicted molar refractivity (Wildman–Crippen MR) is 72.5 cm³/mol. The van der Waals surface area contributed by atoms with E-state index in [9.17, 15) is 4.79 Å². The minimum absolute atomic E-state index is 0.0278. The van der Waals surface area contributed by atoms with Gasteiger partial charge in [0.2, 0.25) is 0 Å². The van der Waals surface area contributed by atoms with Crippen LogP contribution in [-0.4, -0.2) is 61.1 Å². The summed E-state index contributed by atoms with van der Waals surface area (Å²) in [5.41, 5.74) is 0.0278. The standard InChI is InChI=1S/C12H18N4O2S/c1-8-11(3-2-4-19-8)15-5-9(6-15)16-7-10(12(17)18)13-14-16/h7-9,11H,2-6H2,1H3,(H,17,18). The zero-order valence-corrected chi connectivity index (χ0v) is 11.7. The number of carbonyl (C=O) groups is 1. The van der Waals surface area contributed by atoms with E-state index in [0.717, 1.165) is 13.1 Å². The summed E-state index contributed by atoms with van der Waals surface area (Å²) < 4.78 is 1.70. The Hall–Kier alpha value is -1.08. The predicted octanol–water partition coefficient (Wildman–Crippen LogP) is 1.12. The van der Waals surface area contributed by atoms with E-state index in [1.807, 2.05) is 0 Å². The molecule has 6 nitrogen and oxygen atoms in total. The van der Waals surface area contributed by atoms with Crippen LogP contribution in [0.25, 0.3) is 0 Å². The van der Waals surface area contributed by atoms with E-state index < -0.39 is 5.97 Å². The molecule has 19 heavy (non-hydrogen) atoms. The largest absolute Gasteiger partial charge is 0.476 e. The van der Waals surface area contributed by atoms with Gasteiger partial charge < -0.3 is 5.11 Å². The Bertz CT molecular complexity index is 472. The topological polar surface area (TPSA) is 71.2 Å². The number of carboxylic acid groups (broad SMARTS) is 1. The summed E-state index contributed by atoms with van der Waals surface area (Å²) >= 11 is 2.05. The van der Waals surface area contributed by atoms with E-state index in [4.69, 9.17) is 5.11 Å². The molecule has 1 aromatic heterocycles. The van der Waals surface area contributed by atoms with Crippen LogP contribution < -0.4 is 0 Å². The van der Waals surface area contributed by atoms with Gasteiger partial charge in [-0.25, -0.2) is 9.48 Å². The molecule has 0 aliphatic carbocycles.